The second-order valence-electron chi connectivity index (χ2n) is 3.81. The van der Waals surface area contributed by atoms with Gasteiger partial charge in [-0.1, -0.05) is 41.9 Å². The maximum absolute atomic E-state index is 11.4. The summed E-state index contributed by atoms with van der Waals surface area (Å²) in [5.41, 5.74) is 0.546. The van der Waals surface area contributed by atoms with Crippen molar-refractivity contribution >= 4 is 23.5 Å². The maximum Gasteiger partial charge on any atom is 0.326 e. The molecule has 0 spiro atoms. The van der Waals surface area contributed by atoms with Crippen LogP contribution in [0.25, 0.3) is 0 Å². The highest BCUT2D eigenvalue weighted by Crippen LogP contribution is 2.21. The zero-order chi connectivity index (χ0) is 12.3. The average Bonchev–Trinajstić information content (AvgIpc) is 2.35. The zero-order valence-corrected chi connectivity index (χ0v) is 9.89. The second kappa shape index (κ2) is 5.19. The summed E-state index contributed by atoms with van der Waals surface area (Å²) in [4.78, 5) is 23.8. The van der Waals surface area contributed by atoms with Crippen molar-refractivity contribution in [2.75, 3.05) is 6.54 Å². The van der Waals surface area contributed by atoms with Crippen LogP contribution >= 0.6 is 11.6 Å². The number of carbonyl (C=O) groups is 2. The van der Waals surface area contributed by atoms with Crippen molar-refractivity contribution in [3.05, 3.63) is 35.9 Å². The van der Waals surface area contributed by atoms with Crippen molar-refractivity contribution < 1.29 is 14.3 Å². The van der Waals surface area contributed by atoms with Crippen LogP contribution in [0.5, 0.6) is 0 Å². The van der Waals surface area contributed by atoms with E-state index in [1.165, 1.54) is 4.90 Å². The van der Waals surface area contributed by atoms with Gasteiger partial charge in [0.1, 0.15) is 18.7 Å². The molecule has 17 heavy (non-hydrogen) atoms. The van der Waals surface area contributed by atoms with E-state index < -0.39 is 5.97 Å². The number of β-lactam (4-membered cyclic amide) rings is 1. The lowest BCUT2D eigenvalue weighted by Gasteiger charge is -2.35. The highest BCUT2D eigenvalue weighted by atomic mass is 35.5. The van der Waals surface area contributed by atoms with Gasteiger partial charge in [-0.05, 0) is 5.56 Å². The molecule has 1 heterocycles. The molecular weight excluding hydrogens is 242 g/mol. The van der Waals surface area contributed by atoms with Crippen LogP contribution in [0.1, 0.15) is 12.0 Å². The molecule has 90 valence electrons. The molecular formula is C12H12ClNO3. The van der Waals surface area contributed by atoms with E-state index in [0.29, 0.717) is 6.42 Å². The molecule has 1 aliphatic rings. The van der Waals surface area contributed by atoms with Gasteiger partial charge in [0, 0.05) is 0 Å². The number of ether oxygens (including phenoxy) is 1. The minimum atomic E-state index is -0.437. The molecule has 1 aromatic carbocycles. The summed E-state index contributed by atoms with van der Waals surface area (Å²) < 4.78 is 5.04. The lowest BCUT2D eigenvalue weighted by atomic mass is 10.2. The van der Waals surface area contributed by atoms with Crippen LogP contribution in [-0.2, 0) is 20.9 Å². The molecule has 2 rings (SSSR count). The maximum atomic E-state index is 11.4. The zero-order valence-electron chi connectivity index (χ0n) is 9.14. The van der Waals surface area contributed by atoms with E-state index in [1.807, 2.05) is 30.3 Å². The van der Waals surface area contributed by atoms with E-state index in [1.54, 1.807) is 0 Å². The summed E-state index contributed by atoms with van der Waals surface area (Å²) in [7, 11) is 0. The number of benzene rings is 1. The van der Waals surface area contributed by atoms with E-state index >= 15 is 0 Å². The van der Waals surface area contributed by atoms with Gasteiger partial charge in [0.25, 0.3) is 0 Å². The van der Waals surface area contributed by atoms with E-state index in [4.69, 9.17) is 16.3 Å². The Kier molecular flexibility index (Phi) is 3.64. The van der Waals surface area contributed by atoms with Gasteiger partial charge in [-0.3, -0.25) is 9.59 Å². The van der Waals surface area contributed by atoms with E-state index in [9.17, 15) is 9.59 Å². The molecule has 0 saturated carbocycles. The number of amides is 1. The molecule has 1 atom stereocenters. The summed E-state index contributed by atoms with van der Waals surface area (Å²) in [6, 6.07) is 9.37. The van der Waals surface area contributed by atoms with Gasteiger partial charge in [-0.25, -0.2) is 0 Å². The molecule has 1 aliphatic heterocycles. The first-order chi connectivity index (χ1) is 8.16. The lowest BCUT2D eigenvalue weighted by molar-refractivity contribution is -0.155. The molecule has 0 aromatic heterocycles. The first kappa shape index (κ1) is 11.9. The number of esters is 1. The highest BCUT2D eigenvalue weighted by molar-refractivity contribution is 6.24. The molecule has 1 amide bonds. The van der Waals surface area contributed by atoms with Crippen LogP contribution in [-0.4, -0.2) is 28.8 Å². The Morgan fingerprint density at radius 3 is 2.71 bits per heavy atom. The number of nitrogens with zero attached hydrogens (tertiary/aromatic N) is 1. The Bertz CT molecular complexity index is 421. The van der Waals surface area contributed by atoms with Crippen molar-refractivity contribution in [2.24, 2.45) is 0 Å². The number of carbonyl (C=O) groups excluding carboxylic acids is 2. The Hall–Kier alpha value is -1.55. The largest absolute Gasteiger partial charge is 0.459 e. The SMILES string of the molecule is O=C(CN1C(=O)CC1Cl)OCc1ccccc1. The fourth-order valence-corrected chi connectivity index (χ4v) is 1.84. The topological polar surface area (TPSA) is 46.6 Å². The van der Waals surface area contributed by atoms with E-state index in [-0.39, 0.29) is 24.6 Å². The van der Waals surface area contributed by atoms with Crippen LogP contribution in [0.3, 0.4) is 0 Å². The number of hydrogen-bond acceptors (Lipinski definition) is 3. The fourth-order valence-electron chi connectivity index (χ4n) is 1.53. The predicted molar refractivity (Wildman–Crippen MR) is 62.2 cm³/mol. The average molecular weight is 254 g/mol. The molecule has 0 radical (unpaired) electrons. The third-order valence-corrected chi connectivity index (χ3v) is 2.93. The predicted octanol–water partition coefficient (Wildman–Crippen LogP) is 1.53. The normalized spacial score (nSPS) is 18.8. The number of likely N-dealkylation sites (tertiary alicyclic amines) is 1. The molecule has 0 aliphatic carbocycles. The molecule has 0 N–H and O–H groups in total. The van der Waals surface area contributed by atoms with Crippen LogP contribution < -0.4 is 0 Å². The van der Waals surface area contributed by atoms with Crippen molar-refractivity contribution in [1.29, 1.82) is 0 Å². The Morgan fingerprint density at radius 2 is 2.12 bits per heavy atom. The molecule has 0 bridgehead atoms. The van der Waals surface area contributed by atoms with Crippen molar-refractivity contribution in [2.45, 2.75) is 18.5 Å². The van der Waals surface area contributed by atoms with Crippen molar-refractivity contribution in [3.63, 3.8) is 0 Å². The third-order valence-electron chi connectivity index (χ3n) is 2.54. The highest BCUT2D eigenvalue weighted by Gasteiger charge is 2.35. The Labute approximate surface area is 104 Å². The van der Waals surface area contributed by atoms with Crippen molar-refractivity contribution in [3.8, 4) is 0 Å². The summed E-state index contributed by atoms with van der Waals surface area (Å²) in [5, 5.41) is 0. The number of alkyl halides is 1. The van der Waals surface area contributed by atoms with Crippen LogP contribution in [0, 0.1) is 0 Å². The standard InChI is InChI=1S/C12H12ClNO3/c13-10-6-11(15)14(10)7-12(16)17-8-9-4-2-1-3-5-9/h1-5,10H,6-8H2. The van der Waals surface area contributed by atoms with Crippen LogP contribution in [0.4, 0.5) is 0 Å². The van der Waals surface area contributed by atoms with Gasteiger partial charge in [0.15, 0.2) is 0 Å². The minimum Gasteiger partial charge on any atom is -0.459 e. The van der Waals surface area contributed by atoms with Gasteiger partial charge in [-0.2, -0.15) is 0 Å². The summed E-state index contributed by atoms with van der Waals surface area (Å²) in [6.07, 6.45) is 0.299. The first-order valence-corrected chi connectivity index (χ1v) is 5.73. The Morgan fingerprint density at radius 1 is 1.41 bits per heavy atom. The number of halogens is 1. The smallest absolute Gasteiger partial charge is 0.326 e. The monoisotopic (exact) mass is 253 g/mol. The van der Waals surface area contributed by atoms with Gasteiger partial charge < -0.3 is 9.64 Å². The third kappa shape index (κ3) is 2.97. The quantitative estimate of drug-likeness (QED) is 0.354. The summed E-state index contributed by atoms with van der Waals surface area (Å²) in [5.74, 6) is -0.547. The fraction of sp³-hybridized carbons (Fsp3) is 0.333. The van der Waals surface area contributed by atoms with E-state index in [0.717, 1.165) is 5.56 Å². The van der Waals surface area contributed by atoms with E-state index in [2.05, 4.69) is 0 Å². The molecule has 5 heteroatoms. The van der Waals surface area contributed by atoms with Gasteiger partial charge in [-0.15, -0.1) is 0 Å². The van der Waals surface area contributed by atoms with Gasteiger partial charge in [0.2, 0.25) is 5.91 Å². The molecule has 1 aromatic rings. The minimum absolute atomic E-state index is 0.0696. The Balaban J connectivity index is 1.76. The first-order valence-electron chi connectivity index (χ1n) is 5.30. The second-order valence-corrected chi connectivity index (χ2v) is 4.31. The van der Waals surface area contributed by atoms with Gasteiger partial charge >= 0.3 is 5.97 Å². The van der Waals surface area contributed by atoms with Crippen molar-refractivity contribution in [1.82, 2.24) is 4.90 Å². The molecule has 1 unspecified atom stereocenters. The molecule has 1 fully saturated rings. The van der Waals surface area contributed by atoms with Crippen LogP contribution in [0.2, 0.25) is 0 Å². The van der Waals surface area contributed by atoms with Gasteiger partial charge in [0.05, 0.1) is 6.42 Å². The summed E-state index contributed by atoms with van der Waals surface area (Å²) in [6.45, 7) is 0.147. The molecule has 1 saturated heterocycles. The number of rotatable bonds is 4. The van der Waals surface area contributed by atoms with Crippen LogP contribution in [0.15, 0.2) is 30.3 Å². The molecule has 4 nitrogen and oxygen atoms in total. The lowest BCUT2D eigenvalue weighted by Crippen LogP contribution is -2.51. The summed E-state index contributed by atoms with van der Waals surface area (Å²) >= 11 is 5.77. The number of hydrogen-bond donors (Lipinski definition) is 0.